The number of hydrogen-bond donors (Lipinski definition) is 1. The number of carbonyl (C=O) groups excluding carboxylic acids is 1. The predicted octanol–water partition coefficient (Wildman–Crippen LogP) is 3.92. The van der Waals surface area contributed by atoms with Crippen molar-refractivity contribution in [1.82, 2.24) is 4.31 Å². The lowest BCUT2D eigenvalue weighted by Gasteiger charge is -2.26. The standard InChI is InChI=1S/C22H26N2O3S/c25-22(21-13-6-9-17-8-2-3-12-20(17)21)23-18-10-7-11-19(16-18)28(26,27)24-14-4-1-5-15-24/h2-3,7-8,10-12,16,21H,1,4-6,9,13-15H2,(H,23,25). The monoisotopic (exact) mass is 398 g/mol. The maximum atomic E-state index is 12.9. The number of amides is 1. The average molecular weight is 399 g/mol. The highest BCUT2D eigenvalue weighted by molar-refractivity contribution is 7.89. The van der Waals surface area contributed by atoms with Crippen LogP contribution in [0.1, 0.15) is 49.1 Å². The number of piperidine rings is 1. The second-order valence-electron chi connectivity index (χ2n) is 7.63. The van der Waals surface area contributed by atoms with Crippen molar-refractivity contribution in [1.29, 1.82) is 0 Å². The summed E-state index contributed by atoms with van der Waals surface area (Å²) in [5.74, 6) is -0.257. The minimum atomic E-state index is -3.51. The average Bonchev–Trinajstić information content (AvgIpc) is 2.74. The van der Waals surface area contributed by atoms with Crippen LogP contribution in [0.4, 0.5) is 5.69 Å². The van der Waals surface area contributed by atoms with Crippen molar-refractivity contribution in [2.24, 2.45) is 0 Å². The Hall–Kier alpha value is -2.18. The second-order valence-corrected chi connectivity index (χ2v) is 9.56. The van der Waals surface area contributed by atoms with E-state index in [0.717, 1.165) is 44.1 Å². The number of anilines is 1. The molecule has 2 aromatic carbocycles. The molecule has 0 saturated carbocycles. The Morgan fingerprint density at radius 3 is 2.57 bits per heavy atom. The van der Waals surface area contributed by atoms with E-state index in [0.29, 0.717) is 18.8 Å². The van der Waals surface area contributed by atoms with E-state index in [1.54, 1.807) is 28.6 Å². The molecule has 0 bridgehead atoms. The molecule has 1 aliphatic carbocycles. The van der Waals surface area contributed by atoms with Crippen molar-refractivity contribution in [2.75, 3.05) is 18.4 Å². The van der Waals surface area contributed by atoms with Gasteiger partial charge in [-0.2, -0.15) is 4.31 Å². The molecule has 1 saturated heterocycles. The van der Waals surface area contributed by atoms with Gasteiger partial charge >= 0.3 is 0 Å². The van der Waals surface area contributed by atoms with E-state index < -0.39 is 10.0 Å². The quantitative estimate of drug-likeness (QED) is 0.849. The van der Waals surface area contributed by atoms with Crippen molar-refractivity contribution >= 4 is 21.6 Å². The fourth-order valence-corrected chi connectivity index (χ4v) is 5.81. The van der Waals surface area contributed by atoms with Crippen LogP contribution in [-0.2, 0) is 21.2 Å². The van der Waals surface area contributed by atoms with E-state index in [1.807, 2.05) is 18.2 Å². The minimum absolute atomic E-state index is 0.0697. The third-order valence-corrected chi connectivity index (χ3v) is 7.63. The lowest BCUT2D eigenvalue weighted by Crippen LogP contribution is -2.35. The predicted molar refractivity (Wildman–Crippen MR) is 110 cm³/mol. The molecule has 2 aliphatic rings. The number of sulfonamides is 1. The third-order valence-electron chi connectivity index (χ3n) is 5.74. The Morgan fingerprint density at radius 2 is 1.75 bits per heavy atom. The normalized spacial score (nSPS) is 20.4. The molecular formula is C22H26N2O3S. The fourth-order valence-electron chi connectivity index (χ4n) is 4.24. The van der Waals surface area contributed by atoms with E-state index in [4.69, 9.17) is 0 Å². The van der Waals surface area contributed by atoms with E-state index in [9.17, 15) is 13.2 Å². The first-order chi connectivity index (χ1) is 13.6. The lowest BCUT2D eigenvalue weighted by molar-refractivity contribution is -0.117. The van der Waals surface area contributed by atoms with Gasteiger partial charge in [0.15, 0.2) is 0 Å². The van der Waals surface area contributed by atoms with Crippen LogP contribution in [0.3, 0.4) is 0 Å². The number of aryl methyl sites for hydroxylation is 1. The van der Waals surface area contributed by atoms with Crippen LogP contribution in [-0.4, -0.2) is 31.7 Å². The van der Waals surface area contributed by atoms with Gasteiger partial charge in [0.2, 0.25) is 15.9 Å². The summed E-state index contributed by atoms with van der Waals surface area (Å²) < 4.78 is 27.4. The van der Waals surface area contributed by atoms with Crippen LogP contribution in [0.25, 0.3) is 0 Å². The van der Waals surface area contributed by atoms with Gasteiger partial charge in [0, 0.05) is 18.8 Å². The molecule has 6 heteroatoms. The van der Waals surface area contributed by atoms with Crippen LogP contribution >= 0.6 is 0 Å². The largest absolute Gasteiger partial charge is 0.326 e. The Morgan fingerprint density at radius 1 is 0.964 bits per heavy atom. The first-order valence-corrected chi connectivity index (χ1v) is 11.5. The van der Waals surface area contributed by atoms with Crippen LogP contribution in [0.2, 0.25) is 0 Å². The number of benzene rings is 2. The zero-order valence-electron chi connectivity index (χ0n) is 15.9. The molecule has 1 unspecified atom stereocenters. The van der Waals surface area contributed by atoms with Crippen LogP contribution in [0, 0.1) is 0 Å². The smallest absolute Gasteiger partial charge is 0.243 e. The van der Waals surface area contributed by atoms with Gasteiger partial charge in [0.25, 0.3) is 0 Å². The molecule has 0 spiro atoms. The SMILES string of the molecule is O=C(Nc1cccc(S(=O)(=O)N2CCCCC2)c1)C1CCCc2ccccc21. The summed E-state index contributed by atoms with van der Waals surface area (Å²) in [5, 5.41) is 2.95. The third kappa shape index (κ3) is 3.84. The van der Waals surface area contributed by atoms with Crippen molar-refractivity contribution in [3.8, 4) is 0 Å². The fraction of sp³-hybridized carbons (Fsp3) is 0.409. The van der Waals surface area contributed by atoms with Crippen LogP contribution < -0.4 is 5.32 Å². The minimum Gasteiger partial charge on any atom is -0.326 e. The number of nitrogens with one attached hydrogen (secondary N) is 1. The van der Waals surface area contributed by atoms with Crippen LogP contribution in [0.15, 0.2) is 53.4 Å². The number of fused-ring (bicyclic) bond motifs is 1. The van der Waals surface area contributed by atoms with Crippen LogP contribution in [0.5, 0.6) is 0 Å². The van der Waals surface area contributed by atoms with Gasteiger partial charge in [-0.15, -0.1) is 0 Å². The molecule has 0 aromatic heterocycles. The Labute approximate surface area is 166 Å². The summed E-state index contributed by atoms with van der Waals surface area (Å²) in [6, 6.07) is 14.7. The summed E-state index contributed by atoms with van der Waals surface area (Å²) in [5.41, 5.74) is 2.85. The molecular weight excluding hydrogens is 372 g/mol. The number of rotatable bonds is 4. The highest BCUT2D eigenvalue weighted by Gasteiger charge is 2.28. The molecule has 1 aliphatic heterocycles. The number of hydrogen-bond acceptors (Lipinski definition) is 3. The van der Waals surface area contributed by atoms with Gasteiger partial charge in [0.05, 0.1) is 10.8 Å². The Kier molecular flexibility index (Phi) is 5.51. The van der Waals surface area contributed by atoms with Crippen molar-refractivity contribution in [3.05, 3.63) is 59.7 Å². The molecule has 2 aromatic rings. The maximum Gasteiger partial charge on any atom is 0.243 e. The summed E-state index contributed by atoms with van der Waals surface area (Å²) in [6.07, 6.45) is 5.68. The van der Waals surface area contributed by atoms with Crippen molar-refractivity contribution in [3.63, 3.8) is 0 Å². The molecule has 4 rings (SSSR count). The zero-order valence-corrected chi connectivity index (χ0v) is 16.7. The van der Waals surface area contributed by atoms with Gasteiger partial charge < -0.3 is 5.32 Å². The summed E-state index contributed by atoms with van der Waals surface area (Å²) in [7, 11) is -3.51. The van der Waals surface area contributed by atoms with Gasteiger partial charge in [-0.3, -0.25) is 4.79 Å². The molecule has 1 N–H and O–H groups in total. The molecule has 28 heavy (non-hydrogen) atoms. The van der Waals surface area contributed by atoms with E-state index >= 15 is 0 Å². The Bertz CT molecular complexity index is 965. The van der Waals surface area contributed by atoms with E-state index in [-0.39, 0.29) is 16.7 Å². The summed E-state index contributed by atoms with van der Waals surface area (Å²) in [6.45, 7) is 1.13. The highest BCUT2D eigenvalue weighted by atomic mass is 32.2. The highest BCUT2D eigenvalue weighted by Crippen LogP contribution is 2.32. The van der Waals surface area contributed by atoms with E-state index in [1.165, 1.54) is 5.56 Å². The molecule has 1 heterocycles. The Balaban J connectivity index is 1.53. The maximum absolute atomic E-state index is 12.9. The summed E-state index contributed by atoms with van der Waals surface area (Å²) in [4.78, 5) is 13.2. The van der Waals surface area contributed by atoms with Gasteiger partial charge in [-0.1, -0.05) is 36.8 Å². The van der Waals surface area contributed by atoms with Crippen molar-refractivity contribution in [2.45, 2.75) is 49.3 Å². The molecule has 1 amide bonds. The molecule has 5 nitrogen and oxygen atoms in total. The molecule has 1 fully saturated rings. The first kappa shape index (κ1) is 19.2. The lowest BCUT2D eigenvalue weighted by atomic mass is 9.82. The topological polar surface area (TPSA) is 66.5 Å². The summed E-state index contributed by atoms with van der Waals surface area (Å²) >= 11 is 0. The van der Waals surface area contributed by atoms with Gasteiger partial charge in [-0.05, 0) is 61.4 Å². The molecule has 1 atom stereocenters. The second kappa shape index (κ2) is 8.05. The molecule has 0 radical (unpaired) electrons. The van der Waals surface area contributed by atoms with Gasteiger partial charge in [0.1, 0.15) is 0 Å². The van der Waals surface area contributed by atoms with Crippen molar-refractivity contribution < 1.29 is 13.2 Å². The number of carbonyl (C=O) groups is 1. The number of nitrogens with zero attached hydrogens (tertiary/aromatic N) is 1. The van der Waals surface area contributed by atoms with Gasteiger partial charge in [-0.25, -0.2) is 8.42 Å². The van der Waals surface area contributed by atoms with E-state index in [2.05, 4.69) is 11.4 Å². The molecule has 148 valence electrons. The zero-order chi connectivity index (χ0) is 19.6. The first-order valence-electron chi connectivity index (χ1n) is 10.0.